The quantitative estimate of drug-likeness (QED) is 0.722. The topological polar surface area (TPSA) is 70.9 Å². The second-order valence-corrected chi connectivity index (χ2v) is 5.58. The van der Waals surface area contributed by atoms with E-state index in [1.54, 1.807) is 36.9 Å². The molecule has 0 aliphatic rings. The molecule has 0 unspecified atom stereocenters. The highest BCUT2D eigenvalue weighted by atomic mass is 35.5. The number of fused-ring (bicyclic) bond motifs is 1. The normalized spacial score (nSPS) is 11.2. The van der Waals surface area contributed by atoms with Gasteiger partial charge in [0.05, 0.1) is 21.8 Å². The molecule has 0 aliphatic heterocycles. The molecule has 0 aliphatic carbocycles. The minimum atomic E-state index is -0.477. The highest BCUT2D eigenvalue weighted by Crippen LogP contribution is 2.34. The zero-order chi connectivity index (χ0) is 15.3. The molecular formula is C14H11Cl2N3O2. The molecule has 0 spiro atoms. The molecule has 2 aromatic heterocycles. The van der Waals surface area contributed by atoms with Crippen LogP contribution in [0.15, 0.2) is 23.0 Å². The molecule has 2 N–H and O–H groups in total. The van der Waals surface area contributed by atoms with Gasteiger partial charge < -0.3 is 10.1 Å². The summed E-state index contributed by atoms with van der Waals surface area (Å²) in [4.78, 5) is 15.4. The van der Waals surface area contributed by atoms with Crippen LogP contribution in [0.3, 0.4) is 0 Å². The van der Waals surface area contributed by atoms with E-state index >= 15 is 0 Å². The summed E-state index contributed by atoms with van der Waals surface area (Å²) >= 11 is 12.0. The summed E-state index contributed by atoms with van der Waals surface area (Å²) in [7, 11) is 1.72. The van der Waals surface area contributed by atoms with Crippen molar-refractivity contribution in [1.29, 1.82) is 0 Å². The zero-order valence-corrected chi connectivity index (χ0v) is 12.7. The number of benzene rings is 1. The predicted molar refractivity (Wildman–Crippen MR) is 83.2 cm³/mol. The van der Waals surface area contributed by atoms with Gasteiger partial charge in [-0.25, -0.2) is 0 Å². The Morgan fingerprint density at radius 3 is 2.71 bits per heavy atom. The average Bonchev–Trinajstić information content (AvgIpc) is 2.69. The summed E-state index contributed by atoms with van der Waals surface area (Å²) in [6, 6.07) is 4.83. The fraction of sp³-hybridized carbons (Fsp3) is 0.143. The van der Waals surface area contributed by atoms with Crippen LogP contribution in [0.25, 0.3) is 22.3 Å². The fourth-order valence-corrected chi connectivity index (χ4v) is 2.87. The maximum Gasteiger partial charge on any atom is 0.235 e. The van der Waals surface area contributed by atoms with Gasteiger partial charge in [0.15, 0.2) is 5.75 Å². The van der Waals surface area contributed by atoms with Gasteiger partial charge in [0.1, 0.15) is 5.65 Å². The van der Waals surface area contributed by atoms with E-state index in [-0.39, 0.29) is 11.4 Å². The Morgan fingerprint density at radius 1 is 1.33 bits per heavy atom. The minimum absolute atomic E-state index is 0.247. The molecule has 0 saturated heterocycles. The Morgan fingerprint density at radius 2 is 2.05 bits per heavy atom. The molecular weight excluding hydrogens is 313 g/mol. The molecule has 21 heavy (non-hydrogen) atoms. The van der Waals surface area contributed by atoms with E-state index in [9.17, 15) is 9.90 Å². The van der Waals surface area contributed by atoms with Crippen LogP contribution in [-0.4, -0.2) is 19.9 Å². The second kappa shape index (κ2) is 4.79. The molecule has 0 radical (unpaired) electrons. The number of halogens is 2. The van der Waals surface area contributed by atoms with E-state index < -0.39 is 5.43 Å². The largest absolute Gasteiger partial charge is 0.503 e. The van der Waals surface area contributed by atoms with Crippen molar-refractivity contribution in [2.45, 2.75) is 6.92 Å². The number of nitrogens with zero attached hydrogens (tertiary/aromatic N) is 2. The molecule has 2 heterocycles. The van der Waals surface area contributed by atoms with Gasteiger partial charge >= 0.3 is 0 Å². The van der Waals surface area contributed by atoms with Crippen LogP contribution in [0.4, 0.5) is 0 Å². The Labute approximate surface area is 129 Å². The van der Waals surface area contributed by atoms with Crippen molar-refractivity contribution in [2.75, 3.05) is 0 Å². The molecule has 0 amide bonds. The predicted octanol–water partition coefficient (Wildman–Crippen LogP) is 3.25. The zero-order valence-electron chi connectivity index (χ0n) is 11.2. The third kappa shape index (κ3) is 2.09. The average molecular weight is 324 g/mol. The Bertz CT molecular complexity index is 928. The Balaban J connectivity index is 2.41. The molecule has 3 aromatic rings. The van der Waals surface area contributed by atoms with Crippen LogP contribution < -0.4 is 5.43 Å². The van der Waals surface area contributed by atoms with Crippen molar-refractivity contribution in [3.63, 3.8) is 0 Å². The first kappa shape index (κ1) is 14.0. The van der Waals surface area contributed by atoms with Crippen molar-refractivity contribution in [3.05, 3.63) is 44.2 Å². The summed E-state index contributed by atoms with van der Waals surface area (Å²) in [6.07, 6.45) is 0. The molecule has 108 valence electrons. The summed E-state index contributed by atoms with van der Waals surface area (Å²) in [5.41, 5.74) is 1.35. The lowest BCUT2D eigenvalue weighted by molar-refractivity contribution is 0.471. The lowest BCUT2D eigenvalue weighted by Gasteiger charge is -2.08. The Hall–Kier alpha value is -1.98. The van der Waals surface area contributed by atoms with Crippen molar-refractivity contribution in [2.24, 2.45) is 7.05 Å². The number of aromatic amines is 1. The third-order valence-corrected chi connectivity index (χ3v) is 3.89. The van der Waals surface area contributed by atoms with Crippen LogP contribution in [0.1, 0.15) is 5.69 Å². The van der Waals surface area contributed by atoms with Crippen LogP contribution in [0.5, 0.6) is 5.75 Å². The molecule has 3 rings (SSSR count). The Kier molecular flexibility index (Phi) is 3.19. The van der Waals surface area contributed by atoms with Crippen molar-refractivity contribution < 1.29 is 5.11 Å². The van der Waals surface area contributed by atoms with E-state index in [2.05, 4.69) is 10.1 Å². The van der Waals surface area contributed by atoms with Gasteiger partial charge in [0.2, 0.25) is 5.43 Å². The van der Waals surface area contributed by atoms with E-state index in [1.165, 1.54) is 0 Å². The molecule has 0 fully saturated rings. The number of aromatic hydroxyl groups is 1. The molecule has 1 aromatic carbocycles. The van der Waals surface area contributed by atoms with Crippen molar-refractivity contribution >= 4 is 34.2 Å². The van der Waals surface area contributed by atoms with Gasteiger partial charge in [-0.15, -0.1) is 0 Å². The summed E-state index contributed by atoms with van der Waals surface area (Å²) in [6.45, 7) is 1.71. The van der Waals surface area contributed by atoms with Crippen LogP contribution in [0.2, 0.25) is 10.0 Å². The fourth-order valence-electron chi connectivity index (χ4n) is 2.37. The van der Waals surface area contributed by atoms with Gasteiger partial charge in [-0.1, -0.05) is 23.2 Å². The number of rotatable bonds is 1. The number of hydrogen-bond donors (Lipinski definition) is 2. The highest BCUT2D eigenvalue weighted by molar-refractivity contribution is 6.36. The molecule has 5 nitrogen and oxygen atoms in total. The van der Waals surface area contributed by atoms with Gasteiger partial charge in [-0.2, -0.15) is 5.10 Å². The van der Waals surface area contributed by atoms with Gasteiger partial charge in [0.25, 0.3) is 0 Å². The SMILES string of the molecule is Cc1nn(C)c2[nH]c(-c3ccc(Cl)cc3Cl)c(O)c(=O)c12. The van der Waals surface area contributed by atoms with Gasteiger partial charge in [0, 0.05) is 17.6 Å². The van der Waals surface area contributed by atoms with E-state index in [0.717, 1.165) is 0 Å². The van der Waals surface area contributed by atoms with Crippen LogP contribution in [-0.2, 0) is 7.05 Å². The summed E-state index contributed by atoms with van der Waals surface area (Å²) in [5, 5.41) is 15.6. The first-order chi connectivity index (χ1) is 9.90. The minimum Gasteiger partial charge on any atom is -0.503 e. The molecule has 0 saturated carbocycles. The summed E-state index contributed by atoms with van der Waals surface area (Å²) in [5.74, 6) is -0.386. The van der Waals surface area contributed by atoms with Gasteiger partial charge in [-0.3, -0.25) is 9.48 Å². The smallest absolute Gasteiger partial charge is 0.235 e. The number of aromatic nitrogens is 3. The highest BCUT2D eigenvalue weighted by Gasteiger charge is 2.19. The number of pyridine rings is 1. The first-order valence-electron chi connectivity index (χ1n) is 6.14. The lowest BCUT2D eigenvalue weighted by Crippen LogP contribution is -2.06. The maximum atomic E-state index is 12.3. The standard InChI is InChI=1S/C14H11Cl2N3O2/c1-6-10-12(20)13(21)11(17-14(10)19(2)18-6)8-4-3-7(15)5-9(8)16/h3-5,21H,1-2H3,(H,17,20). The number of hydrogen-bond acceptors (Lipinski definition) is 3. The third-order valence-electron chi connectivity index (χ3n) is 3.35. The van der Waals surface area contributed by atoms with Crippen molar-refractivity contribution in [3.8, 4) is 17.0 Å². The lowest BCUT2D eigenvalue weighted by atomic mass is 10.1. The molecule has 7 heteroatoms. The molecule has 0 bridgehead atoms. The van der Waals surface area contributed by atoms with Crippen LogP contribution in [0, 0.1) is 6.92 Å². The van der Waals surface area contributed by atoms with Crippen molar-refractivity contribution in [1.82, 2.24) is 14.8 Å². The van der Waals surface area contributed by atoms with E-state index in [0.29, 0.717) is 32.3 Å². The second-order valence-electron chi connectivity index (χ2n) is 4.73. The van der Waals surface area contributed by atoms with Gasteiger partial charge in [-0.05, 0) is 25.1 Å². The first-order valence-corrected chi connectivity index (χ1v) is 6.89. The van der Waals surface area contributed by atoms with E-state index in [4.69, 9.17) is 23.2 Å². The number of aryl methyl sites for hydroxylation is 2. The van der Waals surface area contributed by atoms with Crippen LogP contribution >= 0.6 is 23.2 Å². The monoisotopic (exact) mass is 323 g/mol. The molecule has 0 atom stereocenters. The maximum absolute atomic E-state index is 12.3. The number of H-pyrrole nitrogens is 1. The summed E-state index contributed by atoms with van der Waals surface area (Å²) < 4.78 is 1.55. The number of nitrogens with one attached hydrogen (secondary N) is 1. The van der Waals surface area contributed by atoms with E-state index in [1.807, 2.05) is 0 Å².